The van der Waals surface area contributed by atoms with E-state index in [0.29, 0.717) is 12.8 Å². The summed E-state index contributed by atoms with van der Waals surface area (Å²) in [5.74, 6) is -0.337. The number of nitrogens with one attached hydrogen (secondary N) is 1. The summed E-state index contributed by atoms with van der Waals surface area (Å²) in [5.41, 5.74) is 0. The van der Waals surface area contributed by atoms with Gasteiger partial charge in [-0.05, 0) is 70.6 Å². The third-order valence-electron chi connectivity index (χ3n) is 11.5. The maximum Gasteiger partial charge on any atom is 0.220 e. The molecule has 2 saturated heterocycles. The Bertz CT molecular complexity index is 1490. The number of ether oxygens (including phenoxy) is 4. The second-order valence-electron chi connectivity index (χ2n) is 17.2. The molecule has 2 fully saturated rings. The van der Waals surface area contributed by atoms with Gasteiger partial charge < -0.3 is 65.1 Å². The number of aliphatic hydroxyl groups excluding tert-OH is 8. The molecule has 14 nitrogen and oxygen atoms in total. The normalized spacial score (nSPS) is 27.4. The predicted octanol–water partition coefficient (Wildman–Crippen LogP) is 6.37. The number of aliphatic hydroxyl groups is 8. The molecule has 14 heteroatoms. The molecule has 0 aromatic heterocycles. The fourth-order valence-electron chi connectivity index (χ4n) is 7.44. The third-order valence-corrected chi connectivity index (χ3v) is 11.5. The highest BCUT2D eigenvalue weighted by Crippen LogP contribution is 2.30. The third kappa shape index (κ3) is 25.9. The molecule has 12 atom stereocenters. The Morgan fingerprint density at radius 1 is 0.552 bits per heavy atom. The topological polar surface area (TPSA) is 228 Å². The van der Waals surface area contributed by atoms with Gasteiger partial charge in [0.1, 0.15) is 48.8 Å². The standard InChI is InChI=1S/C53H87NO13/c1-3-5-7-9-11-13-15-17-19-20-21-22-23-25-27-29-31-33-35-37-45(58)54-41(42(57)36-34-32-30-28-26-24-18-16-14-12-10-8-6-4-2)40-64-52-50(63)48(61)51(44(39-56)66-52)67-53-49(62)47(60)46(59)43(38-55)65-53/h5,7,11,13,17,19,21-22,25-28,31,33-34,36,41-44,46-53,55-57,59-63H,3-4,6,8-10,12,14-16,18,20,23-24,29-30,32,35,37-40H2,1-2H3,(H,54,58)/b7-5-,13-11-,19-17-,22-21-,27-25-,28-26+,33-31-,36-34+. The molecule has 2 rings (SSSR count). The van der Waals surface area contributed by atoms with E-state index in [-0.39, 0.29) is 18.9 Å². The molecule has 0 aliphatic carbocycles. The molecule has 2 aliphatic rings. The van der Waals surface area contributed by atoms with E-state index in [0.717, 1.165) is 51.4 Å². The van der Waals surface area contributed by atoms with Crippen LogP contribution in [0.3, 0.4) is 0 Å². The largest absolute Gasteiger partial charge is 0.394 e. The van der Waals surface area contributed by atoms with Gasteiger partial charge in [-0.2, -0.15) is 0 Å². The lowest BCUT2D eigenvalue weighted by Gasteiger charge is -2.46. The summed E-state index contributed by atoms with van der Waals surface area (Å²) in [5, 5.41) is 86.6. The van der Waals surface area contributed by atoms with Gasteiger partial charge in [-0.15, -0.1) is 0 Å². The molecule has 0 aromatic rings. The molecule has 67 heavy (non-hydrogen) atoms. The van der Waals surface area contributed by atoms with Crippen LogP contribution in [-0.4, -0.2) is 140 Å². The zero-order valence-electron chi connectivity index (χ0n) is 40.3. The van der Waals surface area contributed by atoms with Crippen LogP contribution in [0.1, 0.15) is 136 Å². The number of carbonyl (C=O) groups is 1. The van der Waals surface area contributed by atoms with E-state index in [1.807, 2.05) is 18.2 Å². The Hall–Kier alpha value is -3.09. The van der Waals surface area contributed by atoms with E-state index >= 15 is 0 Å². The summed E-state index contributed by atoms with van der Waals surface area (Å²) >= 11 is 0. The summed E-state index contributed by atoms with van der Waals surface area (Å²) in [6, 6.07) is -0.977. The van der Waals surface area contributed by atoms with Crippen molar-refractivity contribution in [1.82, 2.24) is 5.32 Å². The minimum atomic E-state index is -1.80. The summed E-state index contributed by atoms with van der Waals surface area (Å²) in [6.45, 7) is 2.56. The molecule has 0 aromatic carbocycles. The molecule has 1 amide bonds. The van der Waals surface area contributed by atoms with E-state index in [1.54, 1.807) is 6.08 Å². The quantitative estimate of drug-likeness (QED) is 0.0246. The van der Waals surface area contributed by atoms with Gasteiger partial charge in [0.2, 0.25) is 5.91 Å². The highest BCUT2D eigenvalue weighted by atomic mass is 16.7. The van der Waals surface area contributed by atoms with Crippen LogP contribution in [0.2, 0.25) is 0 Å². The number of rotatable bonds is 36. The second-order valence-corrected chi connectivity index (χ2v) is 17.2. The van der Waals surface area contributed by atoms with E-state index in [9.17, 15) is 45.6 Å². The second kappa shape index (κ2) is 38.7. The van der Waals surface area contributed by atoms with Crippen molar-refractivity contribution in [3.8, 4) is 0 Å². The molecule has 9 N–H and O–H groups in total. The average molecular weight is 946 g/mol. The number of amides is 1. The van der Waals surface area contributed by atoms with Gasteiger partial charge in [0.05, 0.1) is 32.0 Å². The molecule has 2 aliphatic heterocycles. The van der Waals surface area contributed by atoms with Crippen LogP contribution in [0.15, 0.2) is 97.2 Å². The Labute approximate surface area is 401 Å². The van der Waals surface area contributed by atoms with Crippen LogP contribution in [0.4, 0.5) is 0 Å². The number of unbranched alkanes of at least 4 members (excludes halogenated alkanes) is 9. The highest BCUT2D eigenvalue weighted by molar-refractivity contribution is 5.76. The zero-order chi connectivity index (χ0) is 48.9. The van der Waals surface area contributed by atoms with Crippen molar-refractivity contribution < 1.29 is 64.6 Å². The van der Waals surface area contributed by atoms with Gasteiger partial charge in [0.15, 0.2) is 12.6 Å². The molecule has 0 spiro atoms. The minimum Gasteiger partial charge on any atom is -0.394 e. The molecule has 0 bridgehead atoms. The van der Waals surface area contributed by atoms with Gasteiger partial charge in [0, 0.05) is 6.42 Å². The van der Waals surface area contributed by atoms with E-state index in [4.69, 9.17) is 18.9 Å². The summed E-state index contributed by atoms with van der Waals surface area (Å²) in [4.78, 5) is 13.1. The number of carbonyl (C=O) groups excluding carboxylic acids is 1. The molecule has 382 valence electrons. The Morgan fingerprint density at radius 3 is 1.63 bits per heavy atom. The van der Waals surface area contributed by atoms with Crippen LogP contribution in [0, 0.1) is 0 Å². The Morgan fingerprint density at radius 2 is 1.04 bits per heavy atom. The van der Waals surface area contributed by atoms with Gasteiger partial charge in [0.25, 0.3) is 0 Å². The SMILES string of the molecule is CC/C=C\C/C=C\C/C=C\C/C=C\C/C=C\C/C=C\CCC(=O)NC(COC1OC(CO)C(OC2OC(CO)C(O)C(O)C2O)C(O)C1O)C(O)/C=C/CC/C=C/CCCCCCCCCC. The summed E-state index contributed by atoms with van der Waals surface area (Å²) < 4.78 is 22.6. The molecule has 0 saturated carbocycles. The first kappa shape index (κ1) is 60.0. The van der Waals surface area contributed by atoms with Crippen LogP contribution in [-0.2, 0) is 23.7 Å². The van der Waals surface area contributed by atoms with Crippen molar-refractivity contribution in [3.05, 3.63) is 97.2 Å². The van der Waals surface area contributed by atoms with Crippen LogP contribution >= 0.6 is 0 Å². The van der Waals surface area contributed by atoms with Gasteiger partial charge >= 0.3 is 0 Å². The van der Waals surface area contributed by atoms with E-state index < -0.39 is 86.8 Å². The maximum absolute atomic E-state index is 13.1. The number of allylic oxidation sites excluding steroid dienone is 15. The first-order valence-electron chi connectivity index (χ1n) is 25.0. The lowest BCUT2D eigenvalue weighted by atomic mass is 9.97. The predicted molar refractivity (Wildman–Crippen MR) is 262 cm³/mol. The first-order chi connectivity index (χ1) is 32.6. The smallest absolute Gasteiger partial charge is 0.220 e. The van der Waals surface area contributed by atoms with Crippen molar-refractivity contribution in [2.24, 2.45) is 0 Å². The Balaban J connectivity index is 1.91. The maximum atomic E-state index is 13.1. The molecular formula is C53H87NO13. The van der Waals surface area contributed by atoms with Crippen molar-refractivity contribution in [1.29, 1.82) is 0 Å². The average Bonchev–Trinajstić information content (AvgIpc) is 3.32. The van der Waals surface area contributed by atoms with Crippen molar-refractivity contribution in [2.45, 2.75) is 209 Å². The van der Waals surface area contributed by atoms with E-state index in [1.165, 1.54) is 51.4 Å². The van der Waals surface area contributed by atoms with Gasteiger partial charge in [-0.3, -0.25) is 4.79 Å². The highest BCUT2D eigenvalue weighted by Gasteiger charge is 2.51. The minimum absolute atomic E-state index is 0.142. The van der Waals surface area contributed by atoms with Crippen LogP contribution < -0.4 is 5.32 Å². The monoisotopic (exact) mass is 946 g/mol. The lowest BCUT2D eigenvalue weighted by molar-refractivity contribution is -0.359. The first-order valence-corrected chi connectivity index (χ1v) is 25.0. The fraction of sp³-hybridized carbons (Fsp3) is 0.679. The zero-order valence-corrected chi connectivity index (χ0v) is 40.3. The molecular weight excluding hydrogens is 859 g/mol. The number of hydrogen-bond donors (Lipinski definition) is 9. The van der Waals surface area contributed by atoms with E-state index in [2.05, 4.69) is 92.1 Å². The van der Waals surface area contributed by atoms with Crippen LogP contribution in [0.25, 0.3) is 0 Å². The van der Waals surface area contributed by atoms with Crippen LogP contribution in [0.5, 0.6) is 0 Å². The van der Waals surface area contributed by atoms with Crippen molar-refractivity contribution in [3.63, 3.8) is 0 Å². The van der Waals surface area contributed by atoms with Crippen molar-refractivity contribution >= 4 is 5.91 Å². The Kier molecular flexibility index (Phi) is 34.7. The molecule has 2 heterocycles. The molecule has 12 unspecified atom stereocenters. The van der Waals surface area contributed by atoms with Gasteiger partial charge in [-0.1, -0.05) is 156 Å². The molecule has 0 radical (unpaired) electrons. The lowest BCUT2D eigenvalue weighted by Crippen LogP contribution is -2.65. The van der Waals surface area contributed by atoms with Gasteiger partial charge in [-0.25, -0.2) is 0 Å². The number of hydrogen-bond acceptors (Lipinski definition) is 13. The fourth-order valence-corrected chi connectivity index (χ4v) is 7.44. The summed E-state index contributed by atoms with van der Waals surface area (Å²) in [6.07, 6.45) is 34.6. The summed E-state index contributed by atoms with van der Waals surface area (Å²) in [7, 11) is 0. The van der Waals surface area contributed by atoms with Crippen molar-refractivity contribution in [2.75, 3.05) is 19.8 Å².